The van der Waals surface area contributed by atoms with Crippen LogP contribution in [-0.4, -0.2) is 19.9 Å². The van der Waals surface area contributed by atoms with Crippen molar-refractivity contribution in [3.05, 3.63) is 109 Å². The zero-order chi connectivity index (χ0) is 23.2. The molecule has 0 bridgehead atoms. The molecule has 0 aliphatic carbocycles. The van der Waals surface area contributed by atoms with Crippen LogP contribution in [-0.2, 0) is 0 Å². The third-order valence-electron chi connectivity index (χ3n) is 6.13. The largest absolute Gasteiger partial charge is 0.242 e. The first-order valence-corrected chi connectivity index (χ1v) is 12.2. The number of nitrogens with zero attached hydrogens (tertiary/aromatic N) is 4. The first-order valence-electron chi connectivity index (χ1n) is 11.4. The van der Waals surface area contributed by atoms with Gasteiger partial charge in [0, 0.05) is 16.3 Å². The number of fused-ring (bicyclic) bond motifs is 4. The molecule has 0 radical (unpaired) electrons. The number of para-hydroxylation sites is 1. The van der Waals surface area contributed by atoms with E-state index in [4.69, 9.17) is 19.9 Å². The molecular weight excluding hydrogens is 448 g/mol. The van der Waals surface area contributed by atoms with Crippen LogP contribution in [0.15, 0.2) is 109 Å². The lowest BCUT2D eigenvalue weighted by atomic mass is 10.0. The second-order valence-electron chi connectivity index (χ2n) is 8.34. The lowest BCUT2D eigenvalue weighted by Crippen LogP contribution is -1.98. The Hall–Kier alpha value is -4.48. The van der Waals surface area contributed by atoms with Crippen LogP contribution in [0, 0.1) is 0 Å². The summed E-state index contributed by atoms with van der Waals surface area (Å²) in [7, 11) is 0. The minimum atomic E-state index is 0.607. The lowest BCUT2D eigenvalue weighted by molar-refractivity contribution is 1.18. The number of rotatable bonds is 3. The van der Waals surface area contributed by atoms with Crippen LogP contribution >= 0.6 is 11.3 Å². The van der Waals surface area contributed by atoms with Crippen molar-refractivity contribution in [2.75, 3.05) is 0 Å². The topological polar surface area (TPSA) is 51.6 Å². The quantitative estimate of drug-likeness (QED) is 0.249. The average molecular weight is 467 g/mol. The minimum Gasteiger partial charge on any atom is -0.242 e. The summed E-state index contributed by atoms with van der Waals surface area (Å²) in [4.78, 5) is 19.8. The molecule has 7 aromatic rings. The highest BCUT2D eigenvalue weighted by Gasteiger charge is 2.15. The monoisotopic (exact) mass is 466 g/mol. The van der Waals surface area contributed by atoms with E-state index in [0.717, 1.165) is 59.5 Å². The predicted octanol–water partition coefficient (Wildman–Crippen LogP) is 7.79. The van der Waals surface area contributed by atoms with E-state index in [1.807, 2.05) is 54.6 Å². The summed E-state index contributed by atoms with van der Waals surface area (Å²) in [5, 5.41) is 4.18. The summed E-state index contributed by atoms with van der Waals surface area (Å²) in [6.07, 6.45) is 0. The Morgan fingerprint density at radius 2 is 1.31 bits per heavy atom. The third-order valence-corrected chi connectivity index (χ3v) is 7.19. The fourth-order valence-corrected chi connectivity index (χ4v) is 5.39. The molecule has 0 fully saturated rings. The highest BCUT2D eigenvalue weighted by molar-refractivity contribution is 7.21. The van der Waals surface area contributed by atoms with Gasteiger partial charge in [-0.05, 0) is 35.7 Å². The standard InChI is InChI=1S/C30H18N4S/c1-2-10-20(11-3-1)27-22-18-17-19-9-4-5-12-21(19)28(22)34-29(33-27)24-14-8-15-25(31-24)30-32-23-13-6-7-16-26(23)35-30/h1-18H. The van der Waals surface area contributed by atoms with Gasteiger partial charge in [0.15, 0.2) is 5.82 Å². The molecule has 35 heavy (non-hydrogen) atoms. The molecule has 4 aromatic carbocycles. The molecule has 0 atom stereocenters. The van der Waals surface area contributed by atoms with Crippen molar-refractivity contribution >= 4 is 43.2 Å². The van der Waals surface area contributed by atoms with Crippen molar-refractivity contribution in [3.8, 4) is 33.5 Å². The average Bonchev–Trinajstić information content (AvgIpc) is 3.37. The molecule has 5 heteroatoms. The van der Waals surface area contributed by atoms with Gasteiger partial charge in [-0.1, -0.05) is 78.9 Å². The van der Waals surface area contributed by atoms with E-state index in [9.17, 15) is 0 Å². The molecule has 0 saturated heterocycles. The number of benzene rings is 4. The van der Waals surface area contributed by atoms with Gasteiger partial charge in [0.25, 0.3) is 0 Å². The summed E-state index contributed by atoms with van der Waals surface area (Å²) < 4.78 is 1.15. The molecule has 0 aliphatic heterocycles. The summed E-state index contributed by atoms with van der Waals surface area (Å²) in [6.45, 7) is 0. The van der Waals surface area contributed by atoms with E-state index >= 15 is 0 Å². The molecule has 3 heterocycles. The zero-order valence-electron chi connectivity index (χ0n) is 18.6. The van der Waals surface area contributed by atoms with Crippen LogP contribution < -0.4 is 0 Å². The number of aromatic nitrogens is 4. The van der Waals surface area contributed by atoms with Crippen molar-refractivity contribution < 1.29 is 0 Å². The van der Waals surface area contributed by atoms with E-state index < -0.39 is 0 Å². The highest BCUT2D eigenvalue weighted by atomic mass is 32.1. The Balaban J connectivity index is 1.47. The van der Waals surface area contributed by atoms with Gasteiger partial charge in [0.1, 0.15) is 10.7 Å². The highest BCUT2D eigenvalue weighted by Crippen LogP contribution is 2.34. The Morgan fingerprint density at radius 3 is 2.23 bits per heavy atom. The van der Waals surface area contributed by atoms with Crippen LogP contribution in [0.2, 0.25) is 0 Å². The van der Waals surface area contributed by atoms with E-state index in [1.54, 1.807) is 11.3 Å². The summed E-state index contributed by atoms with van der Waals surface area (Å²) in [5.41, 5.74) is 5.43. The fraction of sp³-hybridized carbons (Fsp3) is 0. The van der Waals surface area contributed by atoms with Gasteiger partial charge in [-0.25, -0.2) is 19.9 Å². The maximum atomic E-state index is 5.05. The minimum absolute atomic E-state index is 0.607. The van der Waals surface area contributed by atoms with Gasteiger partial charge in [-0.2, -0.15) is 0 Å². The van der Waals surface area contributed by atoms with Gasteiger partial charge >= 0.3 is 0 Å². The second kappa shape index (κ2) is 8.08. The van der Waals surface area contributed by atoms with E-state index in [0.29, 0.717) is 5.82 Å². The molecule has 0 unspecified atom stereocenters. The Kier molecular flexibility index (Phi) is 4.60. The van der Waals surface area contributed by atoms with E-state index in [1.165, 1.54) is 0 Å². The van der Waals surface area contributed by atoms with Crippen molar-refractivity contribution in [2.24, 2.45) is 0 Å². The number of hydrogen-bond acceptors (Lipinski definition) is 5. The fourth-order valence-electron chi connectivity index (χ4n) is 4.45. The predicted molar refractivity (Wildman–Crippen MR) is 144 cm³/mol. The Bertz CT molecular complexity index is 1820. The molecule has 164 valence electrons. The summed E-state index contributed by atoms with van der Waals surface area (Å²) in [6, 6.07) is 37.0. The van der Waals surface area contributed by atoms with E-state index in [-0.39, 0.29) is 0 Å². The Morgan fingerprint density at radius 1 is 0.514 bits per heavy atom. The molecular formula is C30H18N4S. The van der Waals surface area contributed by atoms with Gasteiger partial charge < -0.3 is 0 Å². The molecule has 0 saturated carbocycles. The third kappa shape index (κ3) is 3.45. The van der Waals surface area contributed by atoms with Crippen LogP contribution in [0.4, 0.5) is 0 Å². The lowest BCUT2D eigenvalue weighted by Gasteiger charge is -2.11. The first-order chi connectivity index (χ1) is 17.3. The van der Waals surface area contributed by atoms with Crippen LogP contribution in [0.5, 0.6) is 0 Å². The maximum absolute atomic E-state index is 5.05. The van der Waals surface area contributed by atoms with Gasteiger partial charge in [0.2, 0.25) is 0 Å². The summed E-state index contributed by atoms with van der Waals surface area (Å²) in [5.74, 6) is 0.607. The van der Waals surface area contributed by atoms with Crippen LogP contribution in [0.1, 0.15) is 0 Å². The maximum Gasteiger partial charge on any atom is 0.179 e. The van der Waals surface area contributed by atoms with Crippen molar-refractivity contribution in [3.63, 3.8) is 0 Å². The number of hydrogen-bond donors (Lipinski definition) is 0. The molecule has 4 nitrogen and oxygen atoms in total. The summed E-state index contributed by atoms with van der Waals surface area (Å²) >= 11 is 1.64. The van der Waals surface area contributed by atoms with Gasteiger partial charge in [0.05, 0.1) is 27.1 Å². The number of pyridine rings is 1. The van der Waals surface area contributed by atoms with Crippen LogP contribution in [0.3, 0.4) is 0 Å². The second-order valence-corrected chi connectivity index (χ2v) is 9.37. The molecule has 0 spiro atoms. The van der Waals surface area contributed by atoms with Crippen molar-refractivity contribution in [2.45, 2.75) is 0 Å². The molecule has 7 rings (SSSR count). The SMILES string of the molecule is c1ccc(-c2nc(-c3cccc(-c4nc5ccccc5s4)n3)nc3c2ccc2ccccc23)cc1. The molecule has 0 aliphatic rings. The smallest absolute Gasteiger partial charge is 0.179 e. The number of thiazole rings is 1. The zero-order valence-corrected chi connectivity index (χ0v) is 19.4. The Labute approximate surface area is 205 Å². The van der Waals surface area contributed by atoms with Crippen LogP contribution in [0.25, 0.3) is 65.4 Å². The van der Waals surface area contributed by atoms with Gasteiger partial charge in [-0.3, -0.25) is 0 Å². The van der Waals surface area contributed by atoms with Crippen molar-refractivity contribution in [1.82, 2.24) is 19.9 Å². The van der Waals surface area contributed by atoms with Crippen molar-refractivity contribution in [1.29, 1.82) is 0 Å². The molecule has 3 aromatic heterocycles. The first kappa shape index (κ1) is 19.9. The van der Waals surface area contributed by atoms with E-state index in [2.05, 4.69) is 54.6 Å². The normalized spacial score (nSPS) is 11.4. The van der Waals surface area contributed by atoms with Gasteiger partial charge in [-0.15, -0.1) is 11.3 Å². The molecule has 0 N–H and O–H groups in total. The molecule has 0 amide bonds.